The first-order chi connectivity index (χ1) is 14.0. The molecule has 3 aromatic rings. The number of benzene rings is 2. The molecule has 1 atom stereocenters. The molecule has 2 heterocycles. The molecule has 2 aromatic carbocycles. The van der Waals surface area contributed by atoms with Crippen molar-refractivity contribution in [3.05, 3.63) is 95.1 Å². The maximum absolute atomic E-state index is 13.3. The van der Waals surface area contributed by atoms with Crippen molar-refractivity contribution in [2.45, 2.75) is 25.9 Å². The van der Waals surface area contributed by atoms with Gasteiger partial charge in [0.2, 0.25) is 5.91 Å². The van der Waals surface area contributed by atoms with Crippen LogP contribution in [-0.2, 0) is 11.3 Å². The maximum atomic E-state index is 13.3. The third-order valence-electron chi connectivity index (χ3n) is 4.95. The van der Waals surface area contributed by atoms with Gasteiger partial charge in [0, 0.05) is 18.4 Å². The summed E-state index contributed by atoms with van der Waals surface area (Å²) in [5.74, 6) is -0.744. The monoisotopic (exact) mass is 389 g/mol. The number of anilines is 1. The van der Waals surface area contributed by atoms with E-state index in [0.29, 0.717) is 16.8 Å². The van der Waals surface area contributed by atoms with E-state index >= 15 is 0 Å². The number of hydrogen-bond acceptors (Lipinski definition) is 3. The van der Waals surface area contributed by atoms with Crippen LogP contribution in [0.15, 0.2) is 66.9 Å². The molecule has 1 aliphatic heterocycles. The number of aromatic nitrogens is 1. The van der Waals surface area contributed by atoms with Crippen LogP contribution < -0.4 is 10.2 Å². The summed E-state index contributed by atoms with van der Waals surface area (Å²) in [6.07, 6.45) is 1.70. The minimum absolute atomic E-state index is 0.0685. The first-order valence-electron chi connectivity index (χ1n) is 9.39. The number of aryl methyl sites for hydroxylation is 1. The van der Waals surface area contributed by atoms with Crippen LogP contribution in [0.5, 0.6) is 0 Å². The second kappa shape index (κ2) is 7.83. The van der Waals surface area contributed by atoms with Gasteiger partial charge >= 0.3 is 0 Å². The largest absolute Gasteiger partial charge is 0.352 e. The Bertz CT molecular complexity index is 1080. The first-order valence-corrected chi connectivity index (χ1v) is 9.39. The Morgan fingerprint density at radius 1 is 1.14 bits per heavy atom. The van der Waals surface area contributed by atoms with Crippen molar-refractivity contribution in [3.8, 4) is 0 Å². The summed E-state index contributed by atoms with van der Waals surface area (Å²) >= 11 is 0. The number of hydrogen-bond donors (Lipinski definition) is 1. The summed E-state index contributed by atoms with van der Waals surface area (Å²) in [5, 5.41) is 2.81. The second-order valence-corrected chi connectivity index (χ2v) is 7.08. The maximum Gasteiger partial charge on any atom is 0.260 e. The lowest BCUT2D eigenvalue weighted by Gasteiger charge is -2.25. The van der Waals surface area contributed by atoms with E-state index in [-0.39, 0.29) is 30.6 Å². The van der Waals surface area contributed by atoms with Crippen LogP contribution in [0.2, 0.25) is 0 Å². The van der Waals surface area contributed by atoms with Gasteiger partial charge in [0.1, 0.15) is 5.82 Å². The number of carbonyl (C=O) groups is 2. The van der Waals surface area contributed by atoms with E-state index in [1.807, 2.05) is 31.2 Å². The summed E-state index contributed by atoms with van der Waals surface area (Å²) in [6.45, 7) is 2.17. The van der Waals surface area contributed by atoms with E-state index in [9.17, 15) is 14.0 Å². The van der Waals surface area contributed by atoms with Gasteiger partial charge in [-0.2, -0.15) is 0 Å². The van der Waals surface area contributed by atoms with Crippen molar-refractivity contribution in [1.29, 1.82) is 0 Å². The molecule has 2 amide bonds. The molecule has 0 spiro atoms. The standard InChI is InChI=1S/C23H20FN3O2/c1-15-5-2-8-18(11-15)27-20(22-19(23(27)29)9-4-10-25-22)13-21(28)26-14-16-6-3-7-17(24)12-16/h2-12,20H,13-14H2,1H3,(H,26,28)/t20-/m0/s1. The molecule has 4 rings (SSSR count). The fourth-order valence-corrected chi connectivity index (χ4v) is 3.62. The molecule has 146 valence electrons. The first kappa shape index (κ1) is 18.8. The van der Waals surface area contributed by atoms with Crippen LogP contribution in [0.25, 0.3) is 0 Å². The Kier molecular flexibility index (Phi) is 5.08. The summed E-state index contributed by atoms with van der Waals surface area (Å²) < 4.78 is 13.3. The van der Waals surface area contributed by atoms with Crippen molar-refractivity contribution in [2.24, 2.45) is 0 Å². The van der Waals surface area contributed by atoms with E-state index in [4.69, 9.17) is 0 Å². The van der Waals surface area contributed by atoms with Crippen LogP contribution >= 0.6 is 0 Å². The van der Waals surface area contributed by atoms with Gasteiger partial charge in [0.05, 0.1) is 23.7 Å². The zero-order valence-corrected chi connectivity index (χ0v) is 15.9. The average Bonchev–Trinajstić information content (AvgIpc) is 2.98. The highest BCUT2D eigenvalue weighted by Crippen LogP contribution is 2.38. The van der Waals surface area contributed by atoms with Gasteiger partial charge < -0.3 is 5.32 Å². The number of nitrogens with one attached hydrogen (secondary N) is 1. The lowest BCUT2D eigenvalue weighted by molar-refractivity contribution is -0.121. The average molecular weight is 389 g/mol. The molecular formula is C23H20FN3O2. The minimum Gasteiger partial charge on any atom is -0.352 e. The van der Waals surface area contributed by atoms with Gasteiger partial charge in [-0.3, -0.25) is 19.5 Å². The highest BCUT2D eigenvalue weighted by Gasteiger charge is 2.39. The van der Waals surface area contributed by atoms with E-state index < -0.39 is 6.04 Å². The van der Waals surface area contributed by atoms with Gasteiger partial charge in [-0.1, -0.05) is 24.3 Å². The molecule has 0 saturated carbocycles. The Hall–Kier alpha value is -3.54. The zero-order valence-electron chi connectivity index (χ0n) is 15.9. The fourth-order valence-electron chi connectivity index (χ4n) is 3.62. The minimum atomic E-state index is -0.493. The van der Waals surface area contributed by atoms with Crippen molar-refractivity contribution < 1.29 is 14.0 Å². The Morgan fingerprint density at radius 2 is 1.97 bits per heavy atom. The normalized spacial score (nSPS) is 15.3. The fraction of sp³-hybridized carbons (Fsp3) is 0.174. The zero-order chi connectivity index (χ0) is 20.4. The molecule has 1 aliphatic rings. The SMILES string of the molecule is Cc1cccc(N2C(=O)c3cccnc3[C@@H]2CC(=O)NCc2cccc(F)c2)c1. The molecule has 29 heavy (non-hydrogen) atoms. The smallest absolute Gasteiger partial charge is 0.260 e. The molecule has 5 nitrogen and oxygen atoms in total. The van der Waals surface area contributed by atoms with E-state index in [1.54, 1.807) is 35.4 Å². The van der Waals surface area contributed by atoms with Gasteiger partial charge in [-0.15, -0.1) is 0 Å². The lowest BCUT2D eigenvalue weighted by Crippen LogP contribution is -2.33. The third-order valence-corrected chi connectivity index (χ3v) is 4.95. The predicted molar refractivity (Wildman–Crippen MR) is 108 cm³/mol. The van der Waals surface area contributed by atoms with Crippen LogP contribution in [0.4, 0.5) is 10.1 Å². The molecule has 6 heteroatoms. The Labute approximate surface area is 168 Å². The molecular weight excluding hydrogens is 369 g/mol. The highest BCUT2D eigenvalue weighted by atomic mass is 19.1. The van der Waals surface area contributed by atoms with Gasteiger partial charge in [0.15, 0.2) is 0 Å². The second-order valence-electron chi connectivity index (χ2n) is 7.08. The van der Waals surface area contributed by atoms with Gasteiger partial charge in [-0.05, 0) is 54.4 Å². The van der Waals surface area contributed by atoms with E-state index in [0.717, 1.165) is 11.3 Å². The van der Waals surface area contributed by atoms with Crippen molar-refractivity contribution in [1.82, 2.24) is 10.3 Å². The molecule has 0 bridgehead atoms. The molecule has 0 fully saturated rings. The number of rotatable bonds is 5. The highest BCUT2D eigenvalue weighted by molar-refractivity contribution is 6.11. The van der Waals surface area contributed by atoms with Crippen molar-refractivity contribution in [3.63, 3.8) is 0 Å². The predicted octanol–water partition coefficient (Wildman–Crippen LogP) is 3.94. The molecule has 0 aliphatic carbocycles. The van der Waals surface area contributed by atoms with Gasteiger partial charge in [0.25, 0.3) is 5.91 Å². The Morgan fingerprint density at radius 3 is 2.76 bits per heavy atom. The molecule has 0 saturated heterocycles. The van der Waals surface area contributed by atoms with Crippen LogP contribution in [0.1, 0.15) is 39.6 Å². The molecule has 0 unspecified atom stereocenters. The van der Waals surface area contributed by atoms with Crippen LogP contribution in [0, 0.1) is 12.7 Å². The number of fused-ring (bicyclic) bond motifs is 1. The number of carbonyl (C=O) groups excluding carboxylic acids is 2. The summed E-state index contributed by atoms with van der Waals surface area (Å²) in [6, 6.07) is 16.7. The quantitative estimate of drug-likeness (QED) is 0.719. The molecule has 1 aromatic heterocycles. The Balaban J connectivity index is 1.57. The number of pyridine rings is 1. The van der Waals surface area contributed by atoms with Crippen LogP contribution in [0.3, 0.4) is 0 Å². The van der Waals surface area contributed by atoms with Crippen molar-refractivity contribution >= 4 is 17.5 Å². The van der Waals surface area contributed by atoms with Crippen LogP contribution in [-0.4, -0.2) is 16.8 Å². The number of nitrogens with zero attached hydrogens (tertiary/aromatic N) is 2. The summed E-state index contributed by atoms with van der Waals surface area (Å²) in [7, 11) is 0. The number of halogens is 1. The lowest BCUT2D eigenvalue weighted by atomic mass is 10.1. The van der Waals surface area contributed by atoms with E-state index in [2.05, 4.69) is 10.3 Å². The molecule has 1 N–H and O–H groups in total. The van der Waals surface area contributed by atoms with Crippen molar-refractivity contribution in [2.75, 3.05) is 4.90 Å². The topological polar surface area (TPSA) is 62.3 Å². The summed E-state index contributed by atoms with van der Waals surface area (Å²) in [4.78, 5) is 31.7. The summed E-state index contributed by atoms with van der Waals surface area (Å²) in [5.41, 5.74) is 3.54. The van der Waals surface area contributed by atoms with E-state index in [1.165, 1.54) is 12.1 Å². The molecule has 0 radical (unpaired) electrons. The van der Waals surface area contributed by atoms with Gasteiger partial charge in [-0.25, -0.2) is 4.39 Å². The number of amides is 2. The third kappa shape index (κ3) is 3.87.